The standard InChI is InChI=1S/C25H30N2O4S/c28-15-16-31-24-8-5-21(6-9-24)19-27-13-11-20(12-14-27)18-26-32(29,30)25-10-7-22-3-1-2-4-23(22)17-25/h1-10,17,20,26,28H,11-16,18-19H2. The number of likely N-dealkylation sites (tertiary alicyclic amines) is 1. The fourth-order valence-electron chi connectivity index (χ4n) is 4.11. The van der Waals surface area contributed by atoms with Crippen molar-refractivity contribution in [2.24, 2.45) is 5.92 Å². The number of ether oxygens (including phenoxy) is 1. The van der Waals surface area contributed by atoms with Gasteiger partial charge in [0.1, 0.15) is 12.4 Å². The highest BCUT2D eigenvalue weighted by molar-refractivity contribution is 7.89. The Labute approximate surface area is 189 Å². The summed E-state index contributed by atoms with van der Waals surface area (Å²) in [6.07, 6.45) is 1.94. The lowest BCUT2D eigenvalue weighted by molar-refractivity contribution is 0.178. The van der Waals surface area contributed by atoms with E-state index in [1.165, 1.54) is 5.56 Å². The smallest absolute Gasteiger partial charge is 0.240 e. The van der Waals surface area contributed by atoms with E-state index in [4.69, 9.17) is 9.84 Å². The lowest BCUT2D eigenvalue weighted by Gasteiger charge is -2.32. The van der Waals surface area contributed by atoms with Crippen LogP contribution in [-0.4, -0.2) is 51.3 Å². The number of sulfonamides is 1. The Bertz CT molecular complexity index is 1120. The Morgan fingerprint density at radius 1 is 0.969 bits per heavy atom. The first kappa shape index (κ1) is 22.7. The van der Waals surface area contributed by atoms with Gasteiger partial charge in [-0.3, -0.25) is 4.90 Å². The van der Waals surface area contributed by atoms with Crippen molar-refractivity contribution < 1.29 is 18.3 Å². The third-order valence-corrected chi connectivity index (χ3v) is 7.41. The number of nitrogens with one attached hydrogen (secondary N) is 1. The molecule has 1 aliphatic rings. The van der Waals surface area contributed by atoms with Crippen molar-refractivity contribution in [1.82, 2.24) is 9.62 Å². The van der Waals surface area contributed by atoms with Crippen LogP contribution in [0.2, 0.25) is 0 Å². The minimum atomic E-state index is -3.52. The third-order valence-electron chi connectivity index (χ3n) is 5.99. The highest BCUT2D eigenvalue weighted by Crippen LogP contribution is 2.22. The quantitative estimate of drug-likeness (QED) is 0.518. The zero-order valence-electron chi connectivity index (χ0n) is 18.1. The molecular formula is C25H30N2O4S. The number of fused-ring (bicyclic) bond motifs is 1. The van der Waals surface area contributed by atoms with Crippen LogP contribution in [0.15, 0.2) is 71.6 Å². The van der Waals surface area contributed by atoms with Crippen LogP contribution in [0.5, 0.6) is 5.75 Å². The van der Waals surface area contributed by atoms with Gasteiger partial charge in [-0.25, -0.2) is 13.1 Å². The molecule has 7 heteroatoms. The molecular weight excluding hydrogens is 424 g/mol. The van der Waals surface area contributed by atoms with Crippen LogP contribution in [0.4, 0.5) is 0 Å². The van der Waals surface area contributed by atoms with E-state index < -0.39 is 10.0 Å². The molecule has 4 rings (SSSR count). The second-order valence-electron chi connectivity index (χ2n) is 8.30. The summed E-state index contributed by atoms with van der Waals surface area (Å²) in [7, 11) is -3.52. The lowest BCUT2D eigenvalue weighted by atomic mass is 9.97. The minimum Gasteiger partial charge on any atom is -0.491 e. The zero-order valence-corrected chi connectivity index (χ0v) is 18.9. The molecule has 0 aromatic heterocycles. The van der Waals surface area contributed by atoms with Gasteiger partial charge < -0.3 is 9.84 Å². The summed E-state index contributed by atoms with van der Waals surface area (Å²) in [5.74, 6) is 1.11. The average molecular weight is 455 g/mol. The average Bonchev–Trinajstić information content (AvgIpc) is 2.83. The van der Waals surface area contributed by atoms with Gasteiger partial charge in [0.2, 0.25) is 10.0 Å². The number of piperidine rings is 1. The zero-order chi connectivity index (χ0) is 22.4. The highest BCUT2D eigenvalue weighted by atomic mass is 32.2. The number of rotatable bonds is 9. The van der Waals surface area contributed by atoms with Gasteiger partial charge in [-0.1, -0.05) is 42.5 Å². The van der Waals surface area contributed by atoms with Crippen LogP contribution >= 0.6 is 0 Å². The molecule has 0 saturated carbocycles. The fraction of sp³-hybridized carbons (Fsp3) is 0.360. The summed E-state index contributed by atoms with van der Waals surface area (Å²) in [5.41, 5.74) is 1.22. The van der Waals surface area contributed by atoms with E-state index in [1.54, 1.807) is 12.1 Å². The Balaban J connectivity index is 1.25. The second-order valence-corrected chi connectivity index (χ2v) is 10.1. The maximum absolute atomic E-state index is 12.8. The molecule has 0 unspecified atom stereocenters. The lowest BCUT2D eigenvalue weighted by Crippen LogP contribution is -2.38. The predicted molar refractivity (Wildman–Crippen MR) is 126 cm³/mol. The molecule has 0 radical (unpaired) electrons. The maximum atomic E-state index is 12.8. The van der Waals surface area contributed by atoms with Crippen LogP contribution in [0, 0.1) is 5.92 Å². The molecule has 3 aromatic carbocycles. The van der Waals surface area contributed by atoms with Gasteiger partial charge in [0.15, 0.2) is 0 Å². The molecule has 0 atom stereocenters. The van der Waals surface area contributed by atoms with Crippen LogP contribution in [-0.2, 0) is 16.6 Å². The van der Waals surface area contributed by atoms with E-state index in [0.717, 1.165) is 49.0 Å². The molecule has 32 heavy (non-hydrogen) atoms. The summed E-state index contributed by atoms with van der Waals surface area (Å²) >= 11 is 0. The Kier molecular flexibility index (Phi) is 7.42. The van der Waals surface area contributed by atoms with Crippen LogP contribution in [0.3, 0.4) is 0 Å². The number of hydrogen-bond acceptors (Lipinski definition) is 5. The normalized spacial score (nSPS) is 15.8. The van der Waals surface area contributed by atoms with Crippen molar-refractivity contribution >= 4 is 20.8 Å². The summed E-state index contributed by atoms with van der Waals surface area (Å²) < 4.78 is 33.8. The van der Waals surface area contributed by atoms with E-state index in [0.29, 0.717) is 24.0 Å². The number of hydrogen-bond donors (Lipinski definition) is 2. The highest BCUT2D eigenvalue weighted by Gasteiger charge is 2.22. The molecule has 1 fully saturated rings. The van der Waals surface area contributed by atoms with E-state index in [-0.39, 0.29) is 6.61 Å². The molecule has 0 bridgehead atoms. The Morgan fingerprint density at radius 2 is 1.69 bits per heavy atom. The van der Waals surface area contributed by atoms with Crippen LogP contribution in [0.1, 0.15) is 18.4 Å². The molecule has 1 aliphatic heterocycles. The predicted octanol–water partition coefficient (Wildman–Crippen LogP) is 3.40. The number of aliphatic hydroxyl groups excluding tert-OH is 1. The summed E-state index contributed by atoms with van der Waals surface area (Å²) in [6.45, 7) is 3.55. The first-order chi connectivity index (χ1) is 15.5. The molecule has 170 valence electrons. The maximum Gasteiger partial charge on any atom is 0.240 e. The van der Waals surface area contributed by atoms with Gasteiger partial charge in [-0.05, 0) is 72.5 Å². The summed E-state index contributed by atoms with van der Waals surface area (Å²) in [4.78, 5) is 2.72. The molecule has 0 amide bonds. The van der Waals surface area contributed by atoms with Crippen molar-refractivity contribution in [2.75, 3.05) is 32.8 Å². The molecule has 0 spiro atoms. The third kappa shape index (κ3) is 5.86. The second kappa shape index (κ2) is 10.4. The van der Waals surface area contributed by atoms with E-state index >= 15 is 0 Å². The van der Waals surface area contributed by atoms with Crippen molar-refractivity contribution in [3.05, 3.63) is 72.3 Å². The van der Waals surface area contributed by atoms with Gasteiger partial charge in [0.25, 0.3) is 0 Å². The van der Waals surface area contributed by atoms with Gasteiger partial charge in [-0.15, -0.1) is 0 Å². The van der Waals surface area contributed by atoms with Crippen LogP contribution in [0.25, 0.3) is 10.8 Å². The van der Waals surface area contributed by atoms with Crippen molar-refractivity contribution in [3.8, 4) is 5.75 Å². The van der Waals surface area contributed by atoms with Crippen molar-refractivity contribution in [3.63, 3.8) is 0 Å². The summed E-state index contributed by atoms with van der Waals surface area (Å²) in [5, 5.41) is 10.8. The topological polar surface area (TPSA) is 78.9 Å². The SMILES string of the molecule is O=S(=O)(NCC1CCN(Cc2ccc(OCCO)cc2)CC1)c1ccc2ccccc2c1. The largest absolute Gasteiger partial charge is 0.491 e. The van der Waals surface area contributed by atoms with E-state index in [1.807, 2.05) is 42.5 Å². The molecule has 1 saturated heterocycles. The Hall–Kier alpha value is -2.45. The number of aliphatic hydroxyl groups is 1. The first-order valence-electron chi connectivity index (χ1n) is 11.1. The van der Waals surface area contributed by atoms with Gasteiger partial charge in [0.05, 0.1) is 11.5 Å². The van der Waals surface area contributed by atoms with Crippen molar-refractivity contribution in [2.45, 2.75) is 24.3 Å². The van der Waals surface area contributed by atoms with Gasteiger partial charge >= 0.3 is 0 Å². The van der Waals surface area contributed by atoms with Gasteiger partial charge in [0, 0.05) is 13.1 Å². The fourth-order valence-corrected chi connectivity index (χ4v) is 5.26. The molecule has 3 aromatic rings. The molecule has 0 aliphatic carbocycles. The minimum absolute atomic E-state index is 0.00904. The monoisotopic (exact) mass is 454 g/mol. The molecule has 1 heterocycles. The van der Waals surface area contributed by atoms with E-state index in [2.05, 4.69) is 21.8 Å². The van der Waals surface area contributed by atoms with Gasteiger partial charge in [-0.2, -0.15) is 0 Å². The summed E-state index contributed by atoms with van der Waals surface area (Å²) in [6, 6.07) is 21.0. The van der Waals surface area contributed by atoms with Crippen molar-refractivity contribution in [1.29, 1.82) is 0 Å². The first-order valence-corrected chi connectivity index (χ1v) is 12.6. The van der Waals surface area contributed by atoms with Crippen LogP contribution < -0.4 is 9.46 Å². The number of nitrogens with zero attached hydrogens (tertiary/aromatic N) is 1. The molecule has 6 nitrogen and oxygen atoms in total. The van der Waals surface area contributed by atoms with E-state index in [9.17, 15) is 8.42 Å². The molecule has 2 N–H and O–H groups in total. The number of benzene rings is 3. The Morgan fingerprint density at radius 3 is 2.41 bits per heavy atom.